The number of carbonyl (C=O) groups excluding carboxylic acids is 11. The zero-order valence-corrected chi connectivity index (χ0v) is 62.3. The van der Waals surface area contributed by atoms with Gasteiger partial charge in [0.15, 0.2) is 0 Å². The average molecular weight is 1360 g/mol. The minimum absolute atomic E-state index is 0.0362. The molecule has 2 aliphatic rings. The Morgan fingerprint density at radius 1 is 0.500 bits per heavy atom. The maximum atomic E-state index is 15.3. The predicted octanol–water partition coefficient (Wildman–Crippen LogP) is 2.10. The summed E-state index contributed by atoms with van der Waals surface area (Å²) in [4.78, 5) is 174. The summed E-state index contributed by atoms with van der Waals surface area (Å²) in [5.74, 6) is -10.4. The van der Waals surface area contributed by atoms with Gasteiger partial charge in [0.1, 0.15) is 66.5 Å². The molecule has 2 heterocycles. The van der Waals surface area contributed by atoms with Crippen LogP contribution >= 0.6 is 0 Å². The lowest BCUT2D eigenvalue weighted by Gasteiger charge is -2.41. The molecular weight excluding hydrogens is 1240 g/mol. The van der Waals surface area contributed by atoms with Gasteiger partial charge in [0.2, 0.25) is 65.0 Å². The van der Waals surface area contributed by atoms with Crippen LogP contribution in [0.1, 0.15) is 156 Å². The minimum atomic E-state index is -1.70. The Kier molecular flexibility index (Phi) is 36.3. The standard InChI is InChI=1S/C69H124N12O15/c1-24-50-65(90)74(17)48(15)64(89)79(22)56(49(16)96-34-28-26-30-81-31-35-95-36-32-81)61(86)73-54(43(8)9)68(93)75(18)51(37-40(2)3)60(85)70-46(13)59(84)71-47(14)63(88)76(19)52(38-41(4)5)66(91)77(20)53(39-42(6)7)67(92)78(21)55(44(10)11)69(94)80(23)57(62(87)72-50)58(83)45(12)29-25-27-33-82/h25,27,40-58,82-83H,24,26,28-39H2,1-23H3,(H,70,85)(H,71,84)(H,72,87)(H,73,86)/b27-25+/t45-,46+,47-,48-,49-,50+,51+,52+,53+,54+,55+,56+,57+,58-/m1/s1. The molecule has 2 fully saturated rings. The van der Waals surface area contributed by atoms with Crippen LogP contribution in [0, 0.1) is 35.5 Å². The number of hydrogen-bond donors (Lipinski definition) is 6. The number of morpholine rings is 1. The summed E-state index contributed by atoms with van der Waals surface area (Å²) < 4.78 is 11.8. The molecule has 14 atom stereocenters. The second-order valence-corrected chi connectivity index (χ2v) is 28.6. The van der Waals surface area contributed by atoms with E-state index in [1.165, 1.54) is 95.8 Å². The number of carbonyl (C=O) groups is 11. The minimum Gasteiger partial charge on any atom is -0.392 e. The fourth-order valence-electron chi connectivity index (χ4n) is 12.3. The lowest BCUT2D eigenvalue weighted by molar-refractivity contribution is -0.157. The normalized spacial score (nSPS) is 27.4. The number of hydrogen-bond acceptors (Lipinski definition) is 16. The van der Waals surface area contributed by atoms with Crippen molar-refractivity contribution in [1.82, 2.24) is 60.5 Å². The number of unbranched alkanes of at least 4 members (excludes halogenated alkanes) is 1. The maximum absolute atomic E-state index is 15.3. The van der Waals surface area contributed by atoms with Gasteiger partial charge in [0, 0.05) is 69.0 Å². The van der Waals surface area contributed by atoms with Crippen molar-refractivity contribution in [3.05, 3.63) is 12.2 Å². The van der Waals surface area contributed by atoms with Crippen molar-refractivity contribution in [2.24, 2.45) is 35.5 Å². The van der Waals surface area contributed by atoms with Crippen LogP contribution in [0.4, 0.5) is 0 Å². The molecule has 0 saturated carbocycles. The van der Waals surface area contributed by atoms with E-state index in [1.54, 1.807) is 54.5 Å². The number of aliphatic hydroxyl groups excluding tert-OH is 2. The third kappa shape index (κ3) is 24.3. The number of amides is 11. The van der Waals surface area contributed by atoms with Gasteiger partial charge in [0.05, 0.1) is 32.0 Å². The molecule has 0 bridgehead atoms. The highest BCUT2D eigenvalue weighted by Crippen LogP contribution is 2.26. The molecule has 0 radical (unpaired) electrons. The van der Waals surface area contributed by atoms with Gasteiger partial charge >= 0.3 is 0 Å². The van der Waals surface area contributed by atoms with Crippen LogP contribution in [0.2, 0.25) is 0 Å². The third-order valence-electron chi connectivity index (χ3n) is 18.6. The molecule has 96 heavy (non-hydrogen) atoms. The van der Waals surface area contributed by atoms with E-state index in [1.807, 2.05) is 41.5 Å². The van der Waals surface area contributed by atoms with Gasteiger partial charge in [-0.15, -0.1) is 0 Å². The number of ether oxygens (including phenoxy) is 2. The second-order valence-electron chi connectivity index (χ2n) is 28.6. The number of allylic oxidation sites excluding steroid dienone is 1. The van der Waals surface area contributed by atoms with Gasteiger partial charge in [-0.1, -0.05) is 95.2 Å². The van der Waals surface area contributed by atoms with Gasteiger partial charge in [-0.2, -0.15) is 0 Å². The first-order valence-corrected chi connectivity index (χ1v) is 34.7. The summed E-state index contributed by atoms with van der Waals surface area (Å²) in [5, 5.41) is 32.8. The van der Waals surface area contributed by atoms with Crippen LogP contribution in [0.5, 0.6) is 0 Å². The van der Waals surface area contributed by atoms with Gasteiger partial charge in [0.25, 0.3) is 0 Å². The van der Waals surface area contributed by atoms with Gasteiger partial charge in [-0.3, -0.25) is 57.6 Å². The number of nitrogens with one attached hydrogen (secondary N) is 4. The summed E-state index contributed by atoms with van der Waals surface area (Å²) in [5.41, 5.74) is 0. The first-order valence-electron chi connectivity index (χ1n) is 34.7. The molecular formula is C69H124N12O15. The van der Waals surface area contributed by atoms with E-state index in [9.17, 15) is 39.0 Å². The van der Waals surface area contributed by atoms with Crippen LogP contribution in [-0.2, 0) is 62.2 Å². The Morgan fingerprint density at radius 2 is 0.979 bits per heavy atom. The molecule has 2 aliphatic heterocycles. The molecule has 11 amide bonds. The molecule has 2 rings (SSSR count). The Morgan fingerprint density at radius 3 is 1.49 bits per heavy atom. The molecule has 0 aromatic rings. The van der Waals surface area contributed by atoms with Crippen molar-refractivity contribution in [3.8, 4) is 0 Å². The zero-order valence-electron chi connectivity index (χ0n) is 62.3. The third-order valence-corrected chi connectivity index (χ3v) is 18.6. The molecule has 27 heteroatoms. The van der Waals surface area contributed by atoms with Crippen LogP contribution < -0.4 is 21.3 Å². The lowest BCUT2D eigenvalue weighted by atomic mass is 9.91. The molecule has 0 unspecified atom stereocenters. The smallest absolute Gasteiger partial charge is 0.246 e. The average Bonchev–Trinajstić information content (AvgIpc) is 0.813. The van der Waals surface area contributed by atoms with Gasteiger partial charge < -0.3 is 75.3 Å². The first-order chi connectivity index (χ1) is 44.7. The lowest BCUT2D eigenvalue weighted by Crippen LogP contribution is -2.64. The molecule has 27 nitrogen and oxygen atoms in total. The van der Waals surface area contributed by atoms with E-state index in [0.29, 0.717) is 19.6 Å². The van der Waals surface area contributed by atoms with Crippen molar-refractivity contribution < 1.29 is 72.4 Å². The molecule has 2 saturated heterocycles. The van der Waals surface area contributed by atoms with Crippen LogP contribution in [-0.4, -0.2) is 288 Å². The monoisotopic (exact) mass is 1360 g/mol. The Hall–Kier alpha value is -6.29. The number of likely N-dealkylation sites (N-methyl/N-ethyl adjacent to an activating group) is 7. The summed E-state index contributed by atoms with van der Waals surface area (Å²) in [6.07, 6.45) is 2.33. The fourth-order valence-corrected chi connectivity index (χ4v) is 12.3. The van der Waals surface area contributed by atoms with E-state index in [0.717, 1.165) is 40.8 Å². The maximum Gasteiger partial charge on any atom is 0.246 e. The van der Waals surface area contributed by atoms with E-state index in [4.69, 9.17) is 9.47 Å². The highest BCUT2D eigenvalue weighted by molar-refractivity contribution is 6.00. The van der Waals surface area contributed by atoms with E-state index < -0.39 is 161 Å². The van der Waals surface area contributed by atoms with Crippen molar-refractivity contribution in [2.75, 3.05) is 95.4 Å². The number of aliphatic hydroxyl groups is 2. The van der Waals surface area contributed by atoms with E-state index in [2.05, 4.69) is 26.2 Å². The molecule has 0 spiro atoms. The highest BCUT2D eigenvalue weighted by Gasteiger charge is 2.46. The van der Waals surface area contributed by atoms with Gasteiger partial charge in [-0.05, 0) is 115 Å². The SMILES string of the molecule is CC[C@@H]1NC(=O)[C@H]([C@H](O)[C@H](C)C/C=C/CO)N(C)C(=O)[C@H](C(C)C)N(C)C(=O)[C@H](CC(C)C)N(C)C(=O)[C@H](CC(C)C)N(C)C(=O)[C@@H](C)NC(=O)[C@H](C)NC(=O)[C@H](CC(C)C)N(C)C(=O)[C@H](C(C)C)NC(=O)[C@H]([C@@H](C)OCCCCN2CCOCC2)N(C)C(=O)[C@@H](C)N(C)C1=O. The van der Waals surface area contributed by atoms with E-state index in [-0.39, 0.29) is 63.1 Å². The summed E-state index contributed by atoms with van der Waals surface area (Å²) >= 11 is 0. The van der Waals surface area contributed by atoms with E-state index >= 15 is 24.0 Å². The summed E-state index contributed by atoms with van der Waals surface area (Å²) in [6.45, 7) is 30.8. The molecule has 0 aromatic carbocycles. The highest BCUT2D eigenvalue weighted by atomic mass is 16.5. The second kappa shape index (κ2) is 40.6. The van der Waals surface area contributed by atoms with Crippen LogP contribution in [0.3, 0.4) is 0 Å². The van der Waals surface area contributed by atoms with Crippen molar-refractivity contribution in [2.45, 2.75) is 234 Å². The summed E-state index contributed by atoms with van der Waals surface area (Å²) in [6, 6.07) is -14.4. The Bertz CT molecular complexity index is 2600. The van der Waals surface area contributed by atoms with Crippen molar-refractivity contribution in [1.29, 1.82) is 0 Å². The molecule has 0 aromatic heterocycles. The number of nitrogens with zero attached hydrogens (tertiary/aromatic N) is 8. The Labute approximate surface area is 573 Å². The van der Waals surface area contributed by atoms with Crippen LogP contribution in [0.25, 0.3) is 0 Å². The topological polar surface area (TPSA) is 321 Å². The van der Waals surface area contributed by atoms with Crippen LogP contribution in [0.15, 0.2) is 12.2 Å². The quantitative estimate of drug-likeness (QED) is 0.0708. The zero-order chi connectivity index (χ0) is 73.5. The predicted molar refractivity (Wildman–Crippen MR) is 367 cm³/mol. The first kappa shape index (κ1) is 85.8. The largest absolute Gasteiger partial charge is 0.392 e. The molecule has 6 N–H and O–H groups in total. The molecule has 0 aliphatic carbocycles. The van der Waals surface area contributed by atoms with Crippen molar-refractivity contribution >= 4 is 65.0 Å². The van der Waals surface area contributed by atoms with Crippen molar-refractivity contribution in [3.63, 3.8) is 0 Å². The molecule has 550 valence electrons. The number of rotatable bonds is 21. The van der Waals surface area contributed by atoms with Gasteiger partial charge in [-0.25, -0.2) is 0 Å². The fraction of sp³-hybridized carbons (Fsp3) is 0.812. The summed E-state index contributed by atoms with van der Waals surface area (Å²) in [7, 11) is 9.79. The Balaban J connectivity index is 3.02.